The van der Waals surface area contributed by atoms with Crippen molar-refractivity contribution in [1.29, 1.82) is 5.41 Å². The van der Waals surface area contributed by atoms with Gasteiger partial charge in [0.2, 0.25) is 0 Å². The van der Waals surface area contributed by atoms with Gasteiger partial charge in [-0.05, 0) is 19.9 Å². The number of rotatable bonds is 1. The molecule has 1 aromatic rings. The molecule has 0 aliphatic heterocycles. The van der Waals surface area contributed by atoms with Crippen LogP contribution in [0.3, 0.4) is 0 Å². The summed E-state index contributed by atoms with van der Waals surface area (Å²) in [6.45, 7) is 3.56. The predicted octanol–water partition coefficient (Wildman–Crippen LogP) is 1.36. The Kier molecular flexibility index (Phi) is 1.89. The Morgan fingerprint density at radius 2 is 2.27 bits per heavy atom. The van der Waals surface area contributed by atoms with E-state index < -0.39 is 0 Å². The first kappa shape index (κ1) is 7.72. The third kappa shape index (κ3) is 1.37. The SMILES string of the molecule is CC(=N)c1c(N)ccnc1C. The minimum absolute atomic E-state index is 0.466. The number of nitrogens with two attached hydrogens (primary N) is 1. The third-order valence-electron chi connectivity index (χ3n) is 1.55. The highest BCUT2D eigenvalue weighted by molar-refractivity contribution is 6.01. The highest BCUT2D eigenvalue weighted by atomic mass is 14.7. The summed E-state index contributed by atoms with van der Waals surface area (Å²) in [6.07, 6.45) is 1.65. The first-order valence-corrected chi connectivity index (χ1v) is 3.39. The molecule has 0 unspecified atom stereocenters. The van der Waals surface area contributed by atoms with E-state index in [1.807, 2.05) is 6.92 Å². The molecular formula is C8H11N3. The molecule has 0 aliphatic rings. The molecule has 0 saturated heterocycles. The molecule has 0 radical (unpaired) electrons. The molecular weight excluding hydrogens is 138 g/mol. The molecule has 1 rings (SSSR count). The Morgan fingerprint density at radius 3 is 2.64 bits per heavy atom. The van der Waals surface area contributed by atoms with Crippen LogP contribution in [0.4, 0.5) is 5.69 Å². The Morgan fingerprint density at radius 1 is 1.64 bits per heavy atom. The van der Waals surface area contributed by atoms with Gasteiger partial charge >= 0.3 is 0 Å². The molecule has 3 N–H and O–H groups in total. The highest BCUT2D eigenvalue weighted by Gasteiger charge is 2.04. The van der Waals surface area contributed by atoms with Crippen molar-refractivity contribution in [1.82, 2.24) is 4.98 Å². The minimum atomic E-state index is 0.466. The summed E-state index contributed by atoms with van der Waals surface area (Å²) in [5.74, 6) is 0. The van der Waals surface area contributed by atoms with Crippen molar-refractivity contribution in [2.45, 2.75) is 13.8 Å². The van der Waals surface area contributed by atoms with Crippen LogP contribution in [0.1, 0.15) is 18.2 Å². The number of anilines is 1. The summed E-state index contributed by atoms with van der Waals surface area (Å²) in [5.41, 5.74) is 8.31. The average molecular weight is 149 g/mol. The fourth-order valence-corrected chi connectivity index (χ4v) is 1.07. The summed E-state index contributed by atoms with van der Waals surface area (Å²) in [5, 5.41) is 7.40. The number of pyridine rings is 1. The lowest BCUT2D eigenvalue weighted by atomic mass is 10.1. The summed E-state index contributed by atoms with van der Waals surface area (Å²) < 4.78 is 0. The van der Waals surface area contributed by atoms with Crippen LogP contribution in [0.2, 0.25) is 0 Å². The van der Waals surface area contributed by atoms with E-state index in [0.29, 0.717) is 11.4 Å². The van der Waals surface area contributed by atoms with Gasteiger partial charge in [0.1, 0.15) is 0 Å². The van der Waals surface area contributed by atoms with Gasteiger partial charge in [0.25, 0.3) is 0 Å². The van der Waals surface area contributed by atoms with Gasteiger partial charge in [-0.2, -0.15) is 0 Å². The van der Waals surface area contributed by atoms with Crippen LogP contribution in [0.25, 0.3) is 0 Å². The van der Waals surface area contributed by atoms with Crippen LogP contribution in [0, 0.1) is 12.3 Å². The second kappa shape index (κ2) is 2.70. The van der Waals surface area contributed by atoms with Crippen LogP contribution in [-0.4, -0.2) is 10.7 Å². The number of hydrogen-bond acceptors (Lipinski definition) is 3. The molecule has 0 atom stereocenters. The van der Waals surface area contributed by atoms with Crippen LogP contribution >= 0.6 is 0 Å². The maximum absolute atomic E-state index is 7.40. The summed E-state index contributed by atoms with van der Waals surface area (Å²) >= 11 is 0. The van der Waals surface area contributed by atoms with Crippen LogP contribution in [-0.2, 0) is 0 Å². The first-order chi connectivity index (χ1) is 5.13. The van der Waals surface area contributed by atoms with Gasteiger partial charge in [0.15, 0.2) is 0 Å². The van der Waals surface area contributed by atoms with Crippen molar-refractivity contribution >= 4 is 11.4 Å². The molecule has 3 nitrogen and oxygen atoms in total. The summed E-state index contributed by atoms with van der Waals surface area (Å²) in [7, 11) is 0. The van der Waals surface area contributed by atoms with E-state index >= 15 is 0 Å². The number of nitrogens with one attached hydrogen (secondary N) is 1. The molecule has 0 fully saturated rings. The van der Waals surface area contributed by atoms with E-state index in [1.54, 1.807) is 19.2 Å². The van der Waals surface area contributed by atoms with Gasteiger partial charge in [-0.3, -0.25) is 4.98 Å². The Balaban J connectivity index is 3.32. The van der Waals surface area contributed by atoms with Gasteiger partial charge in [-0.1, -0.05) is 0 Å². The van der Waals surface area contributed by atoms with Crippen molar-refractivity contribution in [2.75, 3.05) is 5.73 Å². The molecule has 0 saturated carbocycles. The van der Waals surface area contributed by atoms with Gasteiger partial charge in [0.05, 0.1) is 0 Å². The Bertz CT molecular complexity index is 271. The van der Waals surface area contributed by atoms with Crippen LogP contribution < -0.4 is 5.73 Å². The largest absolute Gasteiger partial charge is 0.398 e. The lowest BCUT2D eigenvalue weighted by molar-refractivity contribution is 1.18. The number of aryl methyl sites for hydroxylation is 1. The maximum atomic E-state index is 7.40. The van der Waals surface area contributed by atoms with Crippen LogP contribution in [0.5, 0.6) is 0 Å². The molecule has 0 aliphatic carbocycles. The van der Waals surface area contributed by atoms with Gasteiger partial charge < -0.3 is 11.1 Å². The lowest BCUT2D eigenvalue weighted by Gasteiger charge is -2.04. The van der Waals surface area contributed by atoms with Crippen molar-refractivity contribution < 1.29 is 0 Å². The predicted molar refractivity (Wildman–Crippen MR) is 45.9 cm³/mol. The summed E-state index contributed by atoms with van der Waals surface area (Å²) in [6, 6.07) is 1.71. The van der Waals surface area contributed by atoms with Crippen molar-refractivity contribution in [3.8, 4) is 0 Å². The monoisotopic (exact) mass is 149 g/mol. The molecule has 58 valence electrons. The van der Waals surface area contributed by atoms with Crippen molar-refractivity contribution in [3.05, 3.63) is 23.5 Å². The molecule has 0 bridgehead atoms. The molecule has 3 heteroatoms. The Labute approximate surface area is 65.8 Å². The molecule has 0 aromatic carbocycles. The normalized spacial score (nSPS) is 9.64. The average Bonchev–Trinajstić information content (AvgIpc) is 1.85. The van der Waals surface area contributed by atoms with E-state index in [9.17, 15) is 0 Å². The van der Waals surface area contributed by atoms with E-state index in [4.69, 9.17) is 11.1 Å². The zero-order chi connectivity index (χ0) is 8.43. The van der Waals surface area contributed by atoms with E-state index in [1.165, 1.54) is 0 Å². The van der Waals surface area contributed by atoms with E-state index in [2.05, 4.69) is 4.98 Å². The van der Waals surface area contributed by atoms with E-state index in [0.717, 1.165) is 11.3 Å². The Hall–Kier alpha value is -1.38. The number of aromatic nitrogens is 1. The quantitative estimate of drug-likeness (QED) is 0.592. The zero-order valence-corrected chi connectivity index (χ0v) is 6.68. The smallest absolute Gasteiger partial charge is 0.0483 e. The fraction of sp³-hybridized carbons (Fsp3) is 0.250. The third-order valence-corrected chi connectivity index (χ3v) is 1.55. The minimum Gasteiger partial charge on any atom is -0.398 e. The molecule has 1 heterocycles. The van der Waals surface area contributed by atoms with Crippen molar-refractivity contribution in [2.24, 2.45) is 0 Å². The molecule has 1 aromatic heterocycles. The molecule has 11 heavy (non-hydrogen) atoms. The highest BCUT2D eigenvalue weighted by Crippen LogP contribution is 2.13. The van der Waals surface area contributed by atoms with Gasteiger partial charge in [-0.15, -0.1) is 0 Å². The second-order valence-electron chi connectivity index (χ2n) is 2.49. The van der Waals surface area contributed by atoms with Gasteiger partial charge in [0, 0.05) is 28.9 Å². The van der Waals surface area contributed by atoms with Crippen molar-refractivity contribution in [3.63, 3.8) is 0 Å². The molecule has 0 spiro atoms. The second-order valence-corrected chi connectivity index (χ2v) is 2.49. The van der Waals surface area contributed by atoms with Crippen LogP contribution in [0.15, 0.2) is 12.3 Å². The maximum Gasteiger partial charge on any atom is 0.0483 e. The van der Waals surface area contributed by atoms with E-state index in [-0.39, 0.29) is 0 Å². The van der Waals surface area contributed by atoms with Gasteiger partial charge in [-0.25, -0.2) is 0 Å². The lowest BCUT2D eigenvalue weighted by Crippen LogP contribution is -2.03. The first-order valence-electron chi connectivity index (χ1n) is 3.39. The number of nitrogens with zero attached hydrogens (tertiary/aromatic N) is 1. The number of hydrogen-bond donors (Lipinski definition) is 2. The fourth-order valence-electron chi connectivity index (χ4n) is 1.07. The standard InChI is InChI=1S/C8H11N3/c1-5(9)8-6(2)11-4-3-7(8)10/h3-4,9H,1-2H3,(H2,10,11). The topological polar surface area (TPSA) is 62.8 Å². The zero-order valence-electron chi connectivity index (χ0n) is 6.68. The summed E-state index contributed by atoms with van der Waals surface area (Å²) in [4.78, 5) is 4.04. The number of nitrogen functional groups attached to an aromatic ring is 1. The molecule has 0 amide bonds.